The molecule has 0 saturated carbocycles. The molecule has 11 amide bonds. The summed E-state index contributed by atoms with van der Waals surface area (Å²) in [7, 11) is 1.67. The number of piperidine rings is 6. The second-order valence-electron chi connectivity index (χ2n) is 32.7. The number of pyridine rings is 1. The van der Waals surface area contributed by atoms with Gasteiger partial charge in [0.15, 0.2) is 23.0 Å². The molecule has 116 heavy (non-hydrogen) atoms. The zero-order valence-electron chi connectivity index (χ0n) is 64.6. The minimum atomic E-state index is -1.02. The third-order valence-corrected chi connectivity index (χ3v) is 25.7. The van der Waals surface area contributed by atoms with Gasteiger partial charge in [-0.05, 0) is 172 Å². The third-order valence-electron chi connectivity index (χ3n) is 25.7. The average Bonchev–Trinajstić information content (AvgIpc) is 1.67. The van der Waals surface area contributed by atoms with Gasteiger partial charge in [-0.25, -0.2) is 29.5 Å². The molecule has 602 valence electrons. The number of aromatic nitrogens is 5. The SMILES string of the molecule is CN1C(=O)N([C@@H]2CCCN(c3cnc(C(N)=O)c(Nc4ccc(C5CN(CC6CCN(c7ccc8c(=O)n(C9CCC(=O)NC9=O)ccc8c7)CC6)C5)cc4)n3)C2)CC1NC(=O)c1ncc(N2CCC[C@H](N3CCOC3=O)C2)nc1Nc1ccc(N2CCC(C3CN(c4ccc5c(c4)C(=O)N(C4CCC(=O)NC4=O)C5=O)C3)CC2)cc1. The summed E-state index contributed by atoms with van der Waals surface area (Å²) in [4.78, 5) is 183. The van der Waals surface area contributed by atoms with Crippen LogP contribution >= 0.6 is 0 Å². The Bertz CT molecular complexity index is 5170. The highest BCUT2D eigenvalue weighted by molar-refractivity contribution is 6.24. The summed E-state index contributed by atoms with van der Waals surface area (Å²) in [6, 6.07) is 26.9. The lowest BCUT2D eigenvalue weighted by atomic mass is 9.79. The van der Waals surface area contributed by atoms with Gasteiger partial charge in [0, 0.05) is 151 Å². The van der Waals surface area contributed by atoms with E-state index in [1.54, 1.807) is 41.4 Å². The molecule has 10 saturated heterocycles. The monoisotopic (exact) mass is 1580 g/mol. The molecular weight excluding hydrogens is 1480 g/mol. The van der Waals surface area contributed by atoms with E-state index in [1.165, 1.54) is 21.2 Å². The van der Waals surface area contributed by atoms with Gasteiger partial charge < -0.3 is 75.1 Å². The quantitative estimate of drug-likeness (QED) is 0.0496. The number of amides is 11. The number of nitrogens with two attached hydrogens (primary N) is 1. The molecule has 0 radical (unpaired) electrons. The number of carbonyl (C=O) groups excluding carboxylic acids is 10. The number of ether oxygens (including phenoxy) is 1. The largest absolute Gasteiger partial charge is 0.448 e. The highest BCUT2D eigenvalue weighted by atomic mass is 16.6. The number of benzene rings is 4. The van der Waals surface area contributed by atoms with E-state index in [2.05, 4.69) is 91.3 Å². The predicted molar refractivity (Wildman–Crippen MR) is 429 cm³/mol. The summed E-state index contributed by atoms with van der Waals surface area (Å²) >= 11 is 0. The number of likely N-dealkylation sites (tertiary alicyclic amines) is 1. The molecule has 11 aliphatic rings. The number of likely N-dealkylation sites (N-methyl/N-ethyl adjacent to an activating group) is 1. The molecule has 33 nitrogen and oxygen atoms in total. The van der Waals surface area contributed by atoms with Crippen LogP contribution in [0.25, 0.3) is 10.8 Å². The number of imide groups is 3. The van der Waals surface area contributed by atoms with Crippen molar-refractivity contribution in [3.63, 3.8) is 0 Å². The van der Waals surface area contributed by atoms with E-state index in [4.69, 9.17) is 25.4 Å². The highest BCUT2D eigenvalue weighted by Gasteiger charge is 2.47. The van der Waals surface area contributed by atoms with E-state index in [9.17, 15) is 52.7 Å². The first kappa shape index (κ1) is 75.1. The molecule has 3 unspecified atom stereocenters. The highest BCUT2D eigenvalue weighted by Crippen LogP contribution is 2.41. The van der Waals surface area contributed by atoms with Crippen molar-refractivity contribution in [1.82, 2.24) is 65.0 Å². The van der Waals surface area contributed by atoms with E-state index in [0.29, 0.717) is 104 Å². The number of anilines is 9. The molecule has 0 aliphatic carbocycles. The number of rotatable bonds is 20. The van der Waals surface area contributed by atoms with Crippen molar-refractivity contribution >= 4 is 122 Å². The van der Waals surface area contributed by atoms with Crippen molar-refractivity contribution in [2.45, 2.75) is 113 Å². The zero-order valence-corrected chi connectivity index (χ0v) is 64.6. The van der Waals surface area contributed by atoms with Crippen LogP contribution in [0.1, 0.15) is 136 Å². The van der Waals surface area contributed by atoms with Crippen molar-refractivity contribution < 1.29 is 52.7 Å². The van der Waals surface area contributed by atoms with E-state index in [0.717, 1.165) is 131 Å². The van der Waals surface area contributed by atoms with E-state index in [1.807, 2.05) is 48.5 Å². The van der Waals surface area contributed by atoms with Gasteiger partial charge in [-0.1, -0.05) is 12.1 Å². The number of nitrogens with one attached hydrogen (secondary N) is 5. The molecule has 3 aromatic heterocycles. The normalized spacial score (nSPS) is 23.4. The number of fused-ring (bicyclic) bond motifs is 2. The molecule has 11 aliphatic heterocycles. The second kappa shape index (κ2) is 31.1. The predicted octanol–water partition coefficient (Wildman–Crippen LogP) is 5.73. The lowest BCUT2D eigenvalue weighted by Gasteiger charge is -2.47. The minimum absolute atomic E-state index is 0.00864. The number of hydrogen-bond donors (Lipinski definition) is 6. The summed E-state index contributed by atoms with van der Waals surface area (Å²) in [6.07, 6.45) is 11.5. The van der Waals surface area contributed by atoms with Gasteiger partial charge in [-0.3, -0.25) is 58.7 Å². The Hall–Kier alpha value is -12.3. The Balaban J connectivity index is 0.477. The molecule has 18 rings (SSSR count). The molecule has 5 atom stereocenters. The van der Waals surface area contributed by atoms with Gasteiger partial charge in [0.2, 0.25) is 23.6 Å². The van der Waals surface area contributed by atoms with Crippen LogP contribution in [0.3, 0.4) is 0 Å². The minimum Gasteiger partial charge on any atom is -0.448 e. The Morgan fingerprint density at radius 1 is 0.552 bits per heavy atom. The van der Waals surface area contributed by atoms with E-state index < -0.39 is 59.6 Å². The van der Waals surface area contributed by atoms with Gasteiger partial charge in [0.25, 0.3) is 29.2 Å². The van der Waals surface area contributed by atoms with E-state index in [-0.39, 0.29) is 95.6 Å². The number of cyclic esters (lactones) is 1. The lowest BCUT2D eigenvalue weighted by molar-refractivity contribution is -0.137. The van der Waals surface area contributed by atoms with Gasteiger partial charge in [-0.2, -0.15) is 0 Å². The smallest absolute Gasteiger partial charge is 0.410 e. The molecule has 7 aromatic rings. The van der Waals surface area contributed by atoms with Crippen LogP contribution in [0.2, 0.25) is 0 Å². The number of urea groups is 1. The summed E-state index contributed by atoms with van der Waals surface area (Å²) in [6.45, 7) is 11.3. The zero-order chi connectivity index (χ0) is 79.7. The van der Waals surface area contributed by atoms with Crippen LogP contribution < -0.4 is 62.4 Å². The maximum Gasteiger partial charge on any atom is 0.410 e. The maximum absolute atomic E-state index is 14.8. The first-order chi connectivity index (χ1) is 56.2. The Kier molecular flexibility index (Phi) is 20.2. The molecule has 33 heteroatoms. The fourth-order valence-corrected chi connectivity index (χ4v) is 19.0. The van der Waals surface area contributed by atoms with Crippen LogP contribution in [0.5, 0.6) is 0 Å². The second-order valence-corrected chi connectivity index (χ2v) is 32.7. The van der Waals surface area contributed by atoms with Gasteiger partial charge in [-0.15, -0.1) is 0 Å². The average molecular weight is 1580 g/mol. The van der Waals surface area contributed by atoms with Crippen molar-refractivity contribution in [1.29, 1.82) is 0 Å². The lowest BCUT2D eigenvalue weighted by Crippen LogP contribution is -2.54. The fourth-order valence-electron chi connectivity index (χ4n) is 19.0. The summed E-state index contributed by atoms with van der Waals surface area (Å²) < 4.78 is 6.75. The summed E-state index contributed by atoms with van der Waals surface area (Å²) in [5.41, 5.74) is 11.8. The molecular formula is C83H93N21O12. The van der Waals surface area contributed by atoms with Gasteiger partial charge in [0.05, 0.1) is 48.7 Å². The molecule has 0 bridgehead atoms. The van der Waals surface area contributed by atoms with E-state index >= 15 is 0 Å². The Morgan fingerprint density at radius 2 is 1.14 bits per heavy atom. The van der Waals surface area contributed by atoms with Crippen molar-refractivity contribution in [3.05, 3.63) is 148 Å². The van der Waals surface area contributed by atoms with Crippen molar-refractivity contribution in [2.75, 3.05) is 147 Å². The van der Waals surface area contributed by atoms with Crippen molar-refractivity contribution in [3.8, 4) is 0 Å². The maximum atomic E-state index is 14.8. The molecule has 10 fully saturated rings. The number of primary amides is 1. The fraction of sp³-hybridized carbons (Fsp3) is 0.458. The van der Waals surface area contributed by atoms with Gasteiger partial charge in [0.1, 0.15) is 36.5 Å². The molecule has 0 spiro atoms. The number of carbonyl (C=O) groups is 10. The molecule has 7 N–H and O–H groups in total. The molecule has 4 aromatic carbocycles. The van der Waals surface area contributed by atoms with Gasteiger partial charge >= 0.3 is 12.1 Å². The van der Waals surface area contributed by atoms with Crippen LogP contribution in [0.4, 0.5) is 61.3 Å². The first-order valence-corrected chi connectivity index (χ1v) is 40.6. The topological polar surface area (TPSA) is 372 Å². The third kappa shape index (κ3) is 14.7. The Labute approximate surface area is 668 Å². The number of nitrogens with zero attached hydrogens (tertiary/aromatic N) is 15. The standard InChI is InChI=1S/C83H93N21O12/c1-94-68(47-103(82(94)114)60-5-3-28-99(46-60)66-38-85-71(73(84)107)74(89-66)87-54-8-6-49(7-9-54)52-41-95(42-52)40-48-22-29-97(30-23-48)57-14-16-61-51(36-57)26-33-102(79(61)111)64-18-20-69(105)92-76(64)108)91-78(110)72-75(90-67(39-86-72)98-27-2-4-59(45-98)101-34-35-116-83(101)115)88-55-10-12-56(13-11-55)96-31-24-50(25-32-96)53-43-100(44-53)58-15-17-62-63(37-58)81(113)104(80(62)112)65-19-21-70(106)93-77(65)109/h6-17,26,33,36-39,48,50,52-53,59-60,64-65,68H,2-5,18-25,27-32,34-35,40-47H2,1H3,(H2,84,107)(H,87,89)(H,88,90)(H,91,110)(H,92,105,108)(H,93,106,109)/t59-,60+,64?,65?,68?/m0/s1. The van der Waals surface area contributed by atoms with Crippen LogP contribution in [0.15, 0.2) is 114 Å². The summed E-state index contributed by atoms with van der Waals surface area (Å²) in [5.74, 6) is -0.759. The van der Waals surface area contributed by atoms with Crippen LogP contribution in [-0.2, 0) is 23.9 Å². The molecule has 14 heterocycles. The van der Waals surface area contributed by atoms with Crippen LogP contribution in [-0.4, -0.2) is 245 Å². The van der Waals surface area contributed by atoms with Crippen molar-refractivity contribution in [2.24, 2.45) is 23.5 Å². The Morgan fingerprint density at radius 3 is 1.78 bits per heavy atom. The van der Waals surface area contributed by atoms with Crippen LogP contribution in [0, 0.1) is 17.8 Å². The first-order valence-electron chi connectivity index (χ1n) is 40.6. The number of hydrogen-bond acceptors (Lipinski definition) is 24. The summed E-state index contributed by atoms with van der Waals surface area (Å²) in [5, 5.41) is 15.8.